The van der Waals surface area contributed by atoms with E-state index in [2.05, 4.69) is 4.98 Å². The molecule has 2 aromatic rings. The van der Waals surface area contributed by atoms with Gasteiger partial charge in [0.25, 0.3) is 11.7 Å². The van der Waals surface area contributed by atoms with Crippen LogP contribution in [0.1, 0.15) is 15.9 Å². The van der Waals surface area contributed by atoms with Crippen LogP contribution in [-0.4, -0.2) is 44.1 Å². The van der Waals surface area contributed by atoms with Gasteiger partial charge in [0, 0.05) is 6.07 Å². The third-order valence-electron chi connectivity index (χ3n) is 4.37. The largest absolute Gasteiger partial charge is 0.496 e. The molecule has 1 fully saturated rings. The minimum absolute atomic E-state index is 0.113. The van der Waals surface area contributed by atoms with E-state index >= 15 is 0 Å². The molecule has 138 valence electrons. The van der Waals surface area contributed by atoms with Crippen molar-refractivity contribution < 1.29 is 27.7 Å². The predicted molar refractivity (Wildman–Crippen MR) is 89.1 cm³/mol. The quantitative estimate of drug-likeness (QED) is 0.839. The number of anilines is 1. The average Bonchev–Trinajstić information content (AvgIpc) is 2.67. The number of benzene rings is 1. The lowest BCUT2D eigenvalue weighted by atomic mass is 10.1. The van der Waals surface area contributed by atoms with Crippen LogP contribution < -0.4 is 14.6 Å². The lowest BCUT2D eigenvalue weighted by Gasteiger charge is -2.31. The number of nitrogens with one attached hydrogen (secondary N) is 1. The number of halogens is 3. The first-order valence-electron chi connectivity index (χ1n) is 8.16. The van der Waals surface area contributed by atoms with Gasteiger partial charge in [-0.25, -0.2) is 4.98 Å². The average molecular weight is 366 g/mol. The minimum Gasteiger partial charge on any atom is -0.496 e. The summed E-state index contributed by atoms with van der Waals surface area (Å²) in [6, 6.07) is 9.51. The molecule has 0 atom stereocenters. The summed E-state index contributed by atoms with van der Waals surface area (Å²) in [6.45, 7) is 2.02. The van der Waals surface area contributed by atoms with Crippen molar-refractivity contribution in [2.75, 3.05) is 38.2 Å². The SMILES string of the molecule is COc1ccccc1C(=O)N1CCN(c2ccc(C(F)(F)F)c[nH+]2)CC1. The Kier molecular flexibility index (Phi) is 5.01. The number of piperazine rings is 1. The van der Waals surface area contributed by atoms with E-state index in [9.17, 15) is 18.0 Å². The number of pyridine rings is 1. The van der Waals surface area contributed by atoms with E-state index in [1.807, 2.05) is 4.90 Å². The molecule has 2 heterocycles. The second kappa shape index (κ2) is 7.23. The van der Waals surface area contributed by atoms with E-state index in [4.69, 9.17) is 4.74 Å². The highest BCUT2D eigenvalue weighted by Crippen LogP contribution is 2.28. The number of H-pyrrole nitrogens is 1. The molecule has 26 heavy (non-hydrogen) atoms. The van der Waals surface area contributed by atoms with Crippen LogP contribution in [0.4, 0.5) is 19.0 Å². The molecule has 0 bridgehead atoms. The Morgan fingerprint density at radius 1 is 1.08 bits per heavy atom. The second-order valence-corrected chi connectivity index (χ2v) is 5.94. The normalized spacial score (nSPS) is 15.1. The number of hydrogen-bond acceptors (Lipinski definition) is 3. The highest BCUT2D eigenvalue weighted by Gasteiger charge is 2.33. The van der Waals surface area contributed by atoms with Gasteiger partial charge in [-0.1, -0.05) is 12.1 Å². The van der Waals surface area contributed by atoms with Crippen LogP contribution in [0.25, 0.3) is 0 Å². The molecule has 0 unspecified atom stereocenters. The number of hydrogen-bond donors (Lipinski definition) is 0. The smallest absolute Gasteiger partial charge is 0.419 e. The summed E-state index contributed by atoms with van der Waals surface area (Å²) in [6.07, 6.45) is -3.41. The number of nitrogens with zero attached hydrogens (tertiary/aromatic N) is 2. The van der Waals surface area contributed by atoms with Crippen LogP contribution in [0.3, 0.4) is 0 Å². The van der Waals surface area contributed by atoms with E-state index in [0.29, 0.717) is 43.3 Å². The van der Waals surface area contributed by atoms with E-state index < -0.39 is 11.7 Å². The predicted octanol–water partition coefficient (Wildman–Crippen LogP) is 2.49. The van der Waals surface area contributed by atoms with Crippen LogP contribution in [0, 0.1) is 0 Å². The van der Waals surface area contributed by atoms with Gasteiger partial charge >= 0.3 is 6.18 Å². The molecule has 1 aromatic heterocycles. The molecule has 1 aliphatic rings. The molecule has 0 aliphatic carbocycles. The number of aromatic amines is 1. The van der Waals surface area contributed by atoms with Crippen LogP contribution in [0.15, 0.2) is 42.6 Å². The summed E-state index contributed by atoms with van der Waals surface area (Å²) in [5.74, 6) is 1.01. The highest BCUT2D eigenvalue weighted by atomic mass is 19.4. The summed E-state index contributed by atoms with van der Waals surface area (Å²) >= 11 is 0. The summed E-state index contributed by atoms with van der Waals surface area (Å²) in [7, 11) is 1.52. The maximum absolute atomic E-state index is 12.7. The second-order valence-electron chi connectivity index (χ2n) is 5.94. The van der Waals surface area contributed by atoms with Crippen molar-refractivity contribution in [1.82, 2.24) is 4.90 Å². The van der Waals surface area contributed by atoms with E-state index in [1.165, 1.54) is 13.2 Å². The highest BCUT2D eigenvalue weighted by molar-refractivity contribution is 5.97. The Morgan fingerprint density at radius 2 is 1.77 bits per heavy atom. The summed E-state index contributed by atoms with van der Waals surface area (Å²) < 4.78 is 43.1. The van der Waals surface area contributed by atoms with Crippen molar-refractivity contribution in [3.05, 3.63) is 53.7 Å². The Morgan fingerprint density at radius 3 is 2.35 bits per heavy atom. The van der Waals surface area contributed by atoms with Gasteiger partial charge in [0.2, 0.25) is 0 Å². The molecular formula is C18H19F3N3O2+. The maximum Gasteiger partial charge on any atom is 0.419 e. The zero-order chi connectivity index (χ0) is 18.7. The molecular weight excluding hydrogens is 347 g/mol. The zero-order valence-corrected chi connectivity index (χ0v) is 14.2. The monoisotopic (exact) mass is 366 g/mol. The van der Waals surface area contributed by atoms with Crippen molar-refractivity contribution in [3.63, 3.8) is 0 Å². The maximum atomic E-state index is 12.7. The fourth-order valence-corrected chi connectivity index (χ4v) is 2.93. The third-order valence-corrected chi connectivity index (χ3v) is 4.37. The van der Waals surface area contributed by atoms with E-state index in [0.717, 1.165) is 12.3 Å². The van der Waals surface area contributed by atoms with Gasteiger partial charge in [0.05, 0.1) is 31.3 Å². The first-order valence-corrected chi connectivity index (χ1v) is 8.16. The number of rotatable bonds is 3. The van der Waals surface area contributed by atoms with Gasteiger partial charge in [0.15, 0.2) is 0 Å². The molecule has 8 heteroatoms. The summed E-state index contributed by atoms with van der Waals surface area (Å²) in [4.78, 5) is 19.0. The molecule has 1 amide bonds. The van der Waals surface area contributed by atoms with Gasteiger partial charge in [-0.3, -0.25) is 9.69 Å². The van der Waals surface area contributed by atoms with Crippen molar-refractivity contribution >= 4 is 11.7 Å². The van der Waals surface area contributed by atoms with Crippen LogP contribution in [0.5, 0.6) is 5.75 Å². The van der Waals surface area contributed by atoms with Crippen molar-refractivity contribution in [2.24, 2.45) is 0 Å². The Hall–Kier alpha value is -2.77. The summed E-state index contributed by atoms with van der Waals surface area (Å²) in [5.41, 5.74) is -0.212. The molecule has 0 radical (unpaired) electrons. The van der Waals surface area contributed by atoms with Crippen LogP contribution in [0.2, 0.25) is 0 Å². The lowest BCUT2D eigenvalue weighted by molar-refractivity contribution is -0.367. The van der Waals surface area contributed by atoms with Gasteiger partial charge in [-0.2, -0.15) is 13.2 Å². The molecule has 1 aliphatic heterocycles. The van der Waals surface area contributed by atoms with Crippen molar-refractivity contribution in [1.29, 1.82) is 0 Å². The number of amides is 1. The molecule has 0 saturated carbocycles. The summed E-state index contributed by atoms with van der Waals surface area (Å²) in [5, 5.41) is 0. The third kappa shape index (κ3) is 3.74. The Balaban J connectivity index is 1.65. The standard InChI is InChI=1S/C18H18F3N3O2/c1-26-15-5-3-2-4-14(15)17(25)24-10-8-23(9-11-24)16-7-6-13(12-22-16)18(19,20)21/h2-7,12H,8-11H2,1H3/p+1. The number of methoxy groups -OCH3 is 1. The van der Waals surface area contributed by atoms with Gasteiger partial charge in [0.1, 0.15) is 25.0 Å². The topological polar surface area (TPSA) is 46.9 Å². The fourth-order valence-electron chi connectivity index (χ4n) is 2.93. The molecule has 1 saturated heterocycles. The van der Waals surface area contributed by atoms with Crippen molar-refractivity contribution in [3.8, 4) is 5.75 Å². The number of alkyl halides is 3. The van der Waals surface area contributed by atoms with Crippen LogP contribution in [-0.2, 0) is 6.18 Å². The van der Waals surface area contributed by atoms with Gasteiger partial charge < -0.3 is 9.64 Å². The van der Waals surface area contributed by atoms with E-state index in [1.54, 1.807) is 29.2 Å². The molecule has 0 spiro atoms. The first-order chi connectivity index (χ1) is 12.4. The molecule has 1 aromatic carbocycles. The molecule has 1 N–H and O–H groups in total. The number of carbonyl (C=O) groups excluding carboxylic acids is 1. The molecule has 3 rings (SSSR count). The van der Waals surface area contributed by atoms with Gasteiger partial charge in [-0.15, -0.1) is 0 Å². The van der Waals surface area contributed by atoms with Crippen LogP contribution >= 0.6 is 0 Å². The lowest BCUT2D eigenvalue weighted by Crippen LogP contribution is -2.50. The van der Waals surface area contributed by atoms with E-state index in [-0.39, 0.29) is 5.91 Å². The fraction of sp³-hybridized carbons (Fsp3) is 0.333. The minimum atomic E-state index is -4.37. The Bertz CT molecular complexity index is 770. The molecule has 5 nitrogen and oxygen atoms in total. The zero-order valence-electron chi connectivity index (χ0n) is 14.2. The number of aromatic nitrogens is 1. The Labute approximate surface area is 149 Å². The number of carbonyl (C=O) groups is 1. The first kappa shape index (κ1) is 18.0. The van der Waals surface area contributed by atoms with Gasteiger partial charge in [-0.05, 0) is 18.2 Å². The number of para-hydroxylation sites is 1. The van der Waals surface area contributed by atoms with Crippen molar-refractivity contribution in [2.45, 2.75) is 6.18 Å². The number of ether oxygens (including phenoxy) is 1.